The van der Waals surface area contributed by atoms with Gasteiger partial charge in [0.15, 0.2) is 11.3 Å². The molecule has 0 unspecified atom stereocenters. The summed E-state index contributed by atoms with van der Waals surface area (Å²) in [7, 11) is 0. The predicted octanol–water partition coefficient (Wildman–Crippen LogP) is 4.97. The van der Waals surface area contributed by atoms with Gasteiger partial charge in [-0.2, -0.15) is 5.10 Å². The third kappa shape index (κ3) is 3.32. The van der Waals surface area contributed by atoms with Crippen molar-refractivity contribution < 1.29 is 4.79 Å². The Morgan fingerprint density at radius 2 is 1.54 bits per heavy atom. The third-order valence-electron chi connectivity index (χ3n) is 4.39. The summed E-state index contributed by atoms with van der Waals surface area (Å²) in [6.45, 7) is 3.68. The molecule has 140 valence electrons. The van der Waals surface area contributed by atoms with Gasteiger partial charge in [-0.3, -0.25) is 4.79 Å². The van der Waals surface area contributed by atoms with E-state index in [1.807, 2.05) is 31.2 Å². The van der Waals surface area contributed by atoms with Gasteiger partial charge in [-0.1, -0.05) is 35.3 Å². The Kier molecular flexibility index (Phi) is 4.75. The van der Waals surface area contributed by atoms with Gasteiger partial charge in [0.2, 0.25) is 0 Å². The van der Waals surface area contributed by atoms with Crippen molar-refractivity contribution in [3.05, 3.63) is 75.7 Å². The second-order valence-electron chi connectivity index (χ2n) is 6.30. The van der Waals surface area contributed by atoms with E-state index < -0.39 is 0 Å². The van der Waals surface area contributed by atoms with Crippen molar-refractivity contribution in [2.45, 2.75) is 13.8 Å². The number of nitrogens with zero attached hydrogens (tertiary/aromatic N) is 4. The van der Waals surface area contributed by atoms with Crippen molar-refractivity contribution >= 4 is 40.4 Å². The molecule has 1 amide bonds. The highest BCUT2D eigenvalue weighted by Crippen LogP contribution is 2.28. The largest absolute Gasteiger partial charge is 0.321 e. The molecule has 0 aliphatic carbocycles. The molecule has 4 rings (SSSR count). The Labute approximate surface area is 171 Å². The molecule has 1 N–H and O–H groups in total. The number of halogens is 2. The number of aryl methyl sites for hydroxylation is 2. The first-order chi connectivity index (χ1) is 13.4. The zero-order valence-corrected chi connectivity index (χ0v) is 16.6. The van der Waals surface area contributed by atoms with E-state index in [0.29, 0.717) is 27.1 Å². The summed E-state index contributed by atoms with van der Waals surface area (Å²) in [5, 5.41) is 17.0. The second-order valence-corrected chi connectivity index (χ2v) is 7.17. The van der Waals surface area contributed by atoms with Crippen LogP contribution in [0.4, 0.5) is 5.69 Å². The topological polar surface area (TPSA) is 72.2 Å². The van der Waals surface area contributed by atoms with Crippen LogP contribution >= 0.6 is 23.2 Å². The fourth-order valence-corrected chi connectivity index (χ4v) is 3.25. The highest BCUT2D eigenvalue weighted by molar-refractivity contribution is 6.31. The maximum atomic E-state index is 12.7. The van der Waals surface area contributed by atoms with Gasteiger partial charge in [-0.15, -0.1) is 10.2 Å². The van der Waals surface area contributed by atoms with E-state index in [0.717, 1.165) is 16.8 Å². The van der Waals surface area contributed by atoms with Crippen LogP contribution in [0, 0.1) is 13.8 Å². The molecular weight excluding hydrogens is 397 g/mol. The highest BCUT2D eigenvalue weighted by atomic mass is 35.5. The first-order valence-corrected chi connectivity index (χ1v) is 9.25. The number of rotatable bonds is 3. The highest BCUT2D eigenvalue weighted by Gasteiger charge is 2.20. The molecule has 2 aromatic heterocycles. The molecule has 0 saturated heterocycles. The molecule has 0 radical (unpaired) electrons. The molecule has 0 bridgehead atoms. The van der Waals surface area contributed by atoms with Crippen molar-refractivity contribution in [2.75, 3.05) is 5.32 Å². The molecule has 0 fully saturated rings. The molecule has 2 heterocycles. The van der Waals surface area contributed by atoms with Gasteiger partial charge >= 0.3 is 0 Å². The van der Waals surface area contributed by atoms with E-state index in [-0.39, 0.29) is 11.6 Å². The van der Waals surface area contributed by atoms with Crippen molar-refractivity contribution in [2.24, 2.45) is 0 Å². The normalized spacial score (nSPS) is 11.0. The van der Waals surface area contributed by atoms with Gasteiger partial charge in [0, 0.05) is 15.7 Å². The summed E-state index contributed by atoms with van der Waals surface area (Å²) in [6.07, 6.45) is 0. The average Bonchev–Trinajstić information content (AvgIpc) is 3.01. The van der Waals surface area contributed by atoms with Crippen LogP contribution in [0.5, 0.6) is 0 Å². The Hall–Kier alpha value is -2.96. The number of benzene rings is 2. The fraction of sp³-hybridized carbons (Fsp3) is 0.100. The van der Waals surface area contributed by atoms with E-state index in [2.05, 4.69) is 20.6 Å². The number of hydrogen-bond acceptors (Lipinski definition) is 4. The maximum Gasteiger partial charge on any atom is 0.278 e. The molecule has 28 heavy (non-hydrogen) atoms. The standard InChI is InChI=1S/C20H15Cl2N5O/c1-11-17(13-3-5-14(21)6-4-13)19-25-24-18(12(2)27(19)26-11)20(28)23-16-9-7-15(22)8-10-16/h3-10H,1-2H3,(H,23,28). The lowest BCUT2D eigenvalue weighted by atomic mass is 10.1. The van der Waals surface area contributed by atoms with Gasteiger partial charge in [0.25, 0.3) is 5.91 Å². The number of carbonyl (C=O) groups is 1. The molecule has 0 aliphatic heterocycles. The zero-order chi connectivity index (χ0) is 19.8. The SMILES string of the molecule is Cc1nn2c(C)c(C(=O)Nc3ccc(Cl)cc3)nnc2c1-c1ccc(Cl)cc1. The van der Waals surface area contributed by atoms with Gasteiger partial charge < -0.3 is 5.32 Å². The molecule has 0 atom stereocenters. The third-order valence-corrected chi connectivity index (χ3v) is 4.90. The molecule has 0 saturated carbocycles. The van der Waals surface area contributed by atoms with E-state index in [1.165, 1.54) is 0 Å². The van der Waals surface area contributed by atoms with Gasteiger partial charge in [-0.05, 0) is 55.8 Å². The first-order valence-electron chi connectivity index (χ1n) is 8.49. The minimum atomic E-state index is -0.365. The number of fused-ring (bicyclic) bond motifs is 1. The monoisotopic (exact) mass is 411 g/mol. The number of hydrogen-bond donors (Lipinski definition) is 1. The number of anilines is 1. The Balaban J connectivity index is 1.74. The predicted molar refractivity (Wildman–Crippen MR) is 110 cm³/mol. The second kappa shape index (κ2) is 7.22. The van der Waals surface area contributed by atoms with E-state index in [9.17, 15) is 4.79 Å². The van der Waals surface area contributed by atoms with Crippen molar-refractivity contribution in [1.29, 1.82) is 0 Å². The molecular formula is C20H15Cl2N5O. The summed E-state index contributed by atoms with van der Waals surface area (Å²) in [4.78, 5) is 12.7. The van der Waals surface area contributed by atoms with E-state index in [1.54, 1.807) is 35.7 Å². The van der Waals surface area contributed by atoms with E-state index >= 15 is 0 Å². The number of carbonyl (C=O) groups excluding carboxylic acids is 1. The Morgan fingerprint density at radius 1 is 0.929 bits per heavy atom. The van der Waals surface area contributed by atoms with Gasteiger partial charge in [-0.25, -0.2) is 4.52 Å². The van der Waals surface area contributed by atoms with Crippen LogP contribution in [0.3, 0.4) is 0 Å². The summed E-state index contributed by atoms with van der Waals surface area (Å²) < 4.78 is 1.64. The average molecular weight is 412 g/mol. The van der Waals surface area contributed by atoms with Gasteiger partial charge in [0.1, 0.15) is 0 Å². The number of aromatic nitrogens is 4. The van der Waals surface area contributed by atoms with Gasteiger partial charge in [0.05, 0.1) is 17.0 Å². The Morgan fingerprint density at radius 3 is 2.18 bits per heavy atom. The van der Waals surface area contributed by atoms with Crippen LogP contribution in [-0.4, -0.2) is 25.7 Å². The van der Waals surface area contributed by atoms with Crippen LogP contribution in [0.2, 0.25) is 10.0 Å². The molecule has 6 nitrogen and oxygen atoms in total. The minimum absolute atomic E-state index is 0.201. The first kappa shape index (κ1) is 18.4. The van der Waals surface area contributed by atoms with Crippen LogP contribution in [0.25, 0.3) is 16.8 Å². The molecule has 4 aromatic rings. The number of amides is 1. The van der Waals surface area contributed by atoms with Crippen LogP contribution < -0.4 is 5.32 Å². The van der Waals surface area contributed by atoms with Crippen LogP contribution in [0.15, 0.2) is 48.5 Å². The fourth-order valence-electron chi connectivity index (χ4n) is 3.00. The van der Waals surface area contributed by atoms with Crippen LogP contribution in [-0.2, 0) is 0 Å². The van der Waals surface area contributed by atoms with Crippen molar-refractivity contribution in [3.63, 3.8) is 0 Å². The minimum Gasteiger partial charge on any atom is -0.321 e. The molecule has 8 heteroatoms. The summed E-state index contributed by atoms with van der Waals surface area (Å²) >= 11 is 11.9. The van der Waals surface area contributed by atoms with E-state index in [4.69, 9.17) is 23.2 Å². The molecule has 2 aromatic carbocycles. The lowest BCUT2D eigenvalue weighted by Crippen LogP contribution is -2.18. The zero-order valence-electron chi connectivity index (χ0n) is 15.1. The smallest absolute Gasteiger partial charge is 0.278 e. The molecule has 0 aliphatic rings. The molecule has 0 spiro atoms. The van der Waals surface area contributed by atoms with Crippen molar-refractivity contribution in [1.82, 2.24) is 19.8 Å². The van der Waals surface area contributed by atoms with Crippen LogP contribution in [0.1, 0.15) is 21.9 Å². The quantitative estimate of drug-likeness (QED) is 0.516. The Bertz CT molecular complexity index is 1180. The van der Waals surface area contributed by atoms with Crippen molar-refractivity contribution in [3.8, 4) is 11.1 Å². The maximum absolute atomic E-state index is 12.7. The lowest BCUT2D eigenvalue weighted by molar-refractivity contribution is 0.102. The number of nitrogens with one attached hydrogen (secondary N) is 1. The summed E-state index contributed by atoms with van der Waals surface area (Å²) in [6, 6.07) is 14.3. The summed E-state index contributed by atoms with van der Waals surface area (Å²) in [5.74, 6) is -0.365. The lowest BCUT2D eigenvalue weighted by Gasteiger charge is -2.08. The summed E-state index contributed by atoms with van der Waals surface area (Å²) in [5.41, 5.74) is 4.58.